The summed E-state index contributed by atoms with van der Waals surface area (Å²) in [7, 11) is 0. The molecule has 0 aromatic carbocycles. The van der Waals surface area contributed by atoms with Gasteiger partial charge in [-0.1, -0.05) is 0 Å². The fourth-order valence-corrected chi connectivity index (χ4v) is 3.19. The Morgan fingerprint density at radius 2 is 2.20 bits per heavy atom. The first kappa shape index (κ1) is 15.7. The van der Waals surface area contributed by atoms with Crippen LogP contribution >= 0.6 is 0 Å². The number of aliphatic hydroxyl groups excluding tert-OH is 1. The Labute approximate surface area is 121 Å². The minimum Gasteiger partial charge on any atom is -0.396 e. The molecular weight excluding hydrogens is 256 g/mol. The van der Waals surface area contributed by atoms with Gasteiger partial charge in [0.15, 0.2) is 0 Å². The summed E-state index contributed by atoms with van der Waals surface area (Å²) in [5, 5.41) is 15.5. The van der Waals surface area contributed by atoms with Gasteiger partial charge < -0.3 is 20.5 Å². The number of rotatable bonds is 7. The predicted octanol–water partition coefficient (Wildman–Crippen LogP) is 0.672. The second-order valence-electron chi connectivity index (χ2n) is 6.28. The molecule has 3 N–H and O–H groups in total. The van der Waals surface area contributed by atoms with E-state index < -0.39 is 0 Å². The first-order valence-corrected chi connectivity index (χ1v) is 7.90. The Kier molecular flexibility index (Phi) is 6.26. The van der Waals surface area contributed by atoms with Crippen LogP contribution in [0.25, 0.3) is 0 Å². The van der Waals surface area contributed by atoms with E-state index in [1.165, 1.54) is 12.8 Å². The number of hydrogen-bond donors (Lipinski definition) is 3. The second-order valence-corrected chi connectivity index (χ2v) is 6.28. The largest absolute Gasteiger partial charge is 0.396 e. The lowest BCUT2D eigenvalue weighted by molar-refractivity contribution is -0.122. The molecule has 2 aliphatic heterocycles. The van der Waals surface area contributed by atoms with Crippen molar-refractivity contribution in [1.29, 1.82) is 0 Å². The van der Waals surface area contributed by atoms with E-state index in [2.05, 4.69) is 10.6 Å². The van der Waals surface area contributed by atoms with E-state index in [4.69, 9.17) is 9.84 Å². The molecule has 116 valence electrons. The molecule has 2 fully saturated rings. The molecule has 2 heterocycles. The van der Waals surface area contributed by atoms with Gasteiger partial charge >= 0.3 is 0 Å². The molecule has 5 heteroatoms. The first-order chi connectivity index (χ1) is 9.74. The van der Waals surface area contributed by atoms with Gasteiger partial charge in [0.1, 0.15) is 0 Å². The van der Waals surface area contributed by atoms with Crippen LogP contribution in [-0.2, 0) is 9.53 Å². The molecule has 0 aromatic heterocycles. The molecule has 1 amide bonds. The predicted molar refractivity (Wildman–Crippen MR) is 77.4 cm³/mol. The molecule has 2 rings (SSSR count). The molecule has 0 radical (unpaired) electrons. The molecule has 2 saturated heterocycles. The fraction of sp³-hybridized carbons (Fsp3) is 0.933. The fourth-order valence-electron chi connectivity index (χ4n) is 3.19. The quantitative estimate of drug-likeness (QED) is 0.643. The van der Waals surface area contributed by atoms with Crippen molar-refractivity contribution in [3.05, 3.63) is 0 Å². The summed E-state index contributed by atoms with van der Waals surface area (Å²) < 4.78 is 5.43. The second kappa shape index (κ2) is 7.96. The van der Waals surface area contributed by atoms with Crippen LogP contribution in [0.2, 0.25) is 0 Å². The van der Waals surface area contributed by atoms with E-state index in [0.29, 0.717) is 31.9 Å². The van der Waals surface area contributed by atoms with Gasteiger partial charge in [0.05, 0.1) is 6.61 Å². The Hall–Kier alpha value is -0.650. The van der Waals surface area contributed by atoms with E-state index in [-0.39, 0.29) is 17.9 Å². The van der Waals surface area contributed by atoms with Gasteiger partial charge in [-0.15, -0.1) is 0 Å². The number of ether oxygens (including phenoxy) is 1. The molecule has 0 aromatic rings. The van der Waals surface area contributed by atoms with Crippen molar-refractivity contribution >= 4 is 5.91 Å². The van der Waals surface area contributed by atoms with Crippen LogP contribution in [0.3, 0.4) is 0 Å². The smallest absolute Gasteiger partial charge is 0.220 e. The van der Waals surface area contributed by atoms with Crippen molar-refractivity contribution in [2.45, 2.75) is 38.5 Å². The molecule has 5 nitrogen and oxygen atoms in total. The Morgan fingerprint density at radius 1 is 1.40 bits per heavy atom. The minimum atomic E-state index is -0.0425. The topological polar surface area (TPSA) is 70.6 Å². The molecule has 0 spiro atoms. The van der Waals surface area contributed by atoms with Gasteiger partial charge in [-0.3, -0.25) is 4.79 Å². The van der Waals surface area contributed by atoms with Crippen molar-refractivity contribution in [1.82, 2.24) is 10.6 Å². The van der Waals surface area contributed by atoms with Gasteiger partial charge in [-0.25, -0.2) is 0 Å². The number of amides is 1. The Balaban J connectivity index is 1.65. The summed E-state index contributed by atoms with van der Waals surface area (Å²) in [5.74, 6) is 0.843. The number of piperidine rings is 1. The molecule has 1 unspecified atom stereocenters. The standard InChI is InChI=1S/C15H28N2O3/c18-9-5-15(6-10-20-12-15)11-17-14(19)2-1-13-3-7-16-8-4-13/h13,16,18H,1-12H2,(H,17,19). The van der Waals surface area contributed by atoms with Crippen LogP contribution in [0, 0.1) is 11.3 Å². The maximum absolute atomic E-state index is 12.0. The van der Waals surface area contributed by atoms with Crippen LogP contribution < -0.4 is 10.6 Å². The van der Waals surface area contributed by atoms with Crippen LogP contribution in [0.1, 0.15) is 38.5 Å². The van der Waals surface area contributed by atoms with Crippen molar-refractivity contribution in [3.63, 3.8) is 0 Å². The Bertz CT molecular complexity index is 297. The molecule has 0 bridgehead atoms. The third kappa shape index (κ3) is 4.72. The highest BCUT2D eigenvalue weighted by Gasteiger charge is 2.34. The van der Waals surface area contributed by atoms with Crippen molar-refractivity contribution < 1.29 is 14.6 Å². The van der Waals surface area contributed by atoms with Crippen LogP contribution in [0.5, 0.6) is 0 Å². The van der Waals surface area contributed by atoms with E-state index in [1.54, 1.807) is 0 Å². The zero-order valence-electron chi connectivity index (χ0n) is 12.3. The van der Waals surface area contributed by atoms with Crippen LogP contribution in [0.4, 0.5) is 0 Å². The monoisotopic (exact) mass is 284 g/mol. The van der Waals surface area contributed by atoms with Gasteiger partial charge in [0.2, 0.25) is 5.91 Å². The number of hydrogen-bond acceptors (Lipinski definition) is 4. The van der Waals surface area contributed by atoms with Gasteiger partial charge in [0, 0.05) is 31.6 Å². The third-order valence-electron chi connectivity index (χ3n) is 4.73. The van der Waals surface area contributed by atoms with Crippen LogP contribution in [-0.4, -0.2) is 50.5 Å². The van der Waals surface area contributed by atoms with E-state index in [1.807, 2.05) is 0 Å². The molecule has 0 aliphatic carbocycles. The number of nitrogens with one attached hydrogen (secondary N) is 2. The minimum absolute atomic E-state index is 0.0425. The van der Waals surface area contributed by atoms with Crippen LogP contribution in [0.15, 0.2) is 0 Å². The maximum Gasteiger partial charge on any atom is 0.220 e. The van der Waals surface area contributed by atoms with Crippen molar-refractivity contribution in [3.8, 4) is 0 Å². The maximum atomic E-state index is 12.0. The highest BCUT2D eigenvalue weighted by Crippen LogP contribution is 2.31. The number of carbonyl (C=O) groups excluding carboxylic acids is 1. The van der Waals surface area contributed by atoms with Gasteiger partial charge in [-0.2, -0.15) is 0 Å². The summed E-state index contributed by atoms with van der Waals surface area (Å²) in [6.07, 6.45) is 5.65. The molecular formula is C15H28N2O3. The summed E-state index contributed by atoms with van der Waals surface area (Å²) >= 11 is 0. The zero-order valence-corrected chi connectivity index (χ0v) is 12.3. The SMILES string of the molecule is O=C(CCC1CCNCC1)NCC1(CCO)CCOC1. The first-order valence-electron chi connectivity index (χ1n) is 7.90. The van der Waals surface area contributed by atoms with Gasteiger partial charge in [-0.05, 0) is 51.1 Å². The highest BCUT2D eigenvalue weighted by molar-refractivity contribution is 5.75. The summed E-state index contributed by atoms with van der Waals surface area (Å²) in [4.78, 5) is 12.0. The average Bonchev–Trinajstić information content (AvgIpc) is 2.93. The number of carbonyl (C=O) groups is 1. The molecule has 1 atom stereocenters. The third-order valence-corrected chi connectivity index (χ3v) is 4.73. The summed E-state index contributed by atoms with van der Waals surface area (Å²) in [5.41, 5.74) is -0.0425. The van der Waals surface area contributed by atoms with Gasteiger partial charge in [0.25, 0.3) is 0 Å². The summed E-state index contributed by atoms with van der Waals surface area (Å²) in [6.45, 7) is 4.37. The lowest BCUT2D eigenvalue weighted by atomic mass is 9.84. The molecule has 2 aliphatic rings. The zero-order chi connectivity index (χ0) is 14.3. The average molecular weight is 284 g/mol. The molecule has 0 saturated carbocycles. The van der Waals surface area contributed by atoms with Crippen molar-refractivity contribution in [2.24, 2.45) is 11.3 Å². The van der Waals surface area contributed by atoms with E-state index >= 15 is 0 Å². The Morgan fingerprint density at radius 3 is 2.85 bits per heavy atom. The highest BCUT2D eigenvalue weighted by atomic mass is 16.5. The molecule has 20 heavy (non-hydrogen) atoms. The normalized spacial score (nSPS) is 27.6. The summed E-state index contributed by atoms with van der Waals surface area (Å²) in [6, 6.07) is 0. The van der Waals surface area contributed by atoms with E-state index in [0.717, 1.165) is 32.5 Å². The lowest BCUT2D eigenvalue weighted by Gasteiger charge is -2.27. The number of aliphatic hydroxyl groups is 1. The van der Waals surface area contributed by atoms with E-state index in [9.17, 15) is 4.79 Å². The lowest BCUT2D eigenvalue weighted by Crippen LogP contribution is -2.39. The van der Waals surface area contributed by atoms with Crippen molar-refractivity contribution in [2.75, 3.05) is 39.5 Å².